The van der Waals surface area contributed by atoms with Crippen LogP contribution < -0.4 is 16.0 Å². The molecule has 0 fully saturated rings. The number of anilines is 2. The third-order valence-corrected chi connectivity index (χ3v) is 3.30. The number of hydrogen-bond acceptors (Lipinski definition) is 3. The van der Waals surface area contributed by atoms with Gasteiger partial charge in [0.2, 0.25) is 0 Å². The molecular weight excluding hydrogens is 262 g/mol. The summed E-state index contributed by atoms with van der Waals surface area (Å²) in [5.41, 5.74) is 9.23. The maximum atomic E-state index is 12.3. The summed E-state index contributed by atoms with van der Waals surface area (Å²) in [5, 5.41) is 2.91. The lowest BCUT2D eigenvalue weighted by molar-refractivity contribution is 0.102. The van der Waals surface area contributed by atoms with E-state index in [0.717, 1.165) is 16.9 Å². The van der Waals surface area contributed by atoms with Crippen LogP contribution in [0.3, 0.4) is 0 Å². The Bertz CT molecular complexity index is 635. The highest BCUT2D eigenvalue weighted by atomic mass is 16.1. The molecule has 0 aliphatic carbocycles. The molecule has 0 bridgehead atoms. The lowest BCUT2D eigenvalue weighted by atomic mass is 10.1. The summed E-state index contributed by atoms with van der Waals surface area (Å²) >= 11 is 0. The van der Waals surface area contributed by atoms with Crippen molar-refractivity contribution >= 4 is 17.3 Å². The molecule has 2 rings (SSSR count). The smallest absolute Gasteiger partial charge is 0.255 e. The zero-order chi connectivity index (χ0) is 15.4. The van der Waals surface area contributed by atoms with Gasteiger partial charge in [-0.25, -0.2) is 0 Å². The average molecular weight is 283 g/mol. The van der Waals surface area contributed by atoms with Crippen molar-refractivity contribution in [1.29, 1.82) is 0 Å². The van der Waals surface area contributed by atoms with Crippen LogP contribution >= 0.6 is 0 Å². The van der Waals surface area contributed by atoms with E-state index in [0.29, 0.717) is 5.56 Å². The third kappa shape index (κ3) is 3.83. The number of nitrogens with zero attached hydrogens (tertiary/aromatic N) is 1. The van der Waals surface area contributed by atoms with Crippen LogP contribution in [-0.4, -0.2) is 20.0 Å². The summed E-state index contributed by atoms with van der Waals surface area (Å²) in [4.78, 5) is 14.3. The number of hydrogen-bond donors (Lipinski definition) is 2. The van der Waals surface area contributed by atoms with Gasteiger partial charge >= 0.3 is 0 Å². The monoisotopic (exact) mass is 283 g/mol. The molecule has 0 heterocycles. The summed E-state index contributed by atoms with van der Waals surface area (Å²) in [7, 11) is 3.90. The van der Waals surface area contributed by atoms with Crippen molar-refractivity contribution in [3.05, 3.63) is 59.7 Å². The zero-order valence-electron chi connectivity index (χ0n) is 12.6. The van der Waals surface area contributed by atoms with Crippen molar-refractivity contribution in [3.8, 4) is 0 Å². The van der Waals surface area contributed by atoms with Crippen molar-refractivity contribution in [2.24, 2.45) is 5.73 Å². The van der Waals surface area contributed by atoms with Crippen LogP contribution in [-0.2, 0) is 0 Å². The molecule has 0 aliphatic rings. The van der Waals surface area contributed by atoms with E-state index >= 15 is 0 Å². The first-order chi connectivity index (χ1) is 9.97. The number of amides is 1. The predicted octanol–water partition coefficient (Wildman–Crippen LogP) is 3.02. The summed E-state index contributed by atoms with van der Waals surface area (Å²) in [5.74, 6) is -0.125. The normalized spacial score (nSPS) is 11.8. The minimum atomic E-state index is -0.125. The molecule has 3 N–H and O–H groups in total. The second-order valence-electron chi connectivity index (χ2n) is 5.31. The second-order valence-corrected chi connectivity index (χ2v) is 5.31. The Balaban J connectivity index is 2.18. The van der Waals surface area contributed by atoms with E-state index < -0.39 is 0 Å². The van der Waals surface area contributed by atoms with Crippen LogP contribution in [0.15, 0.2) is 48.5 Å². The van der Waals surface area contributed by atoms with E-state index in [4.69, 9.17) is 5.73 Å². The Morgan fingerprint density at radius 3 is 2.52 bits per heavy atom. The molecular formula is C17H21N3O. The SMILES string of the molecule is CC(N)c1cccc(NC(=O)c2cccc(N(C)C)c2)c1. The summed E-state index contributed by atoms with van der Waals surface area (Å²) < 4.78 is 0. The van der Waals surface area contributed by atoms with Crippen LogP contribution in [0, 0.1) is 0 Å². The van der Waals surface area contributed by atoms with E-state index in [-0.39, 0.29) is 11.9 Å². The van der Waals surface area contributed by atoms with Gasteiger partial charge in [0.1, 0.15) is 0 Å². The highest BCUT2D eigenvalue weighted by Crippen LogP contribution is 2.18. The van der Waals surface area contributed by atoms with Crippen LogP contribution in [0.25, 0.3) is 0 Å². The Labute approximate surface area is 125 Å². The maximum absolute atomic E-state index is 12.3. The molecule has 0 spiro atoms. The van der Waals surface area contributed by atoms with Gasteiger partial charge < -0.3 is 16.0 Å². The quantitative estimate of drug-likeness (QED) is 0.906. The molecule has 0 saturated heterocycles. The van der Waals surface area contributed by atoms with Gasteiger partial charge in [0.25, 0.3) is 5.91 Å². The lowest BCUT2D eigenvalue weighted by Crippen LogP contribution is -2.14. The van der Waals surface area contributed by atoms with Crippen LogP contribution in [0.1, 0.15) is 28.9 Å². The fraction of sp³-hybridized carbons (Fsp3) is 0.235. The van der Waals surface area contributed by atoms with Crippen LogP contribution in [0.5, 0.6) is 0 Å². The molecule has 0 saturated carbocycles. The molecule has 21 heavy (non-hydrogen) atoms. The van der Waals surface area contributed by atoms with Gasteiger partial charge in [-0.1, -0.05) is 18.2 Å². The van der Waals surface area contributed by atoms with Crippen molar-refractivity contribution in [2.75, 3.05) is 24.3 Å². The molecule has 0 radical (unpaired) electrons. The number of nitrogens with two attached hydrogens (primary N) is 1. The summed E-state index contributed by atoms with van der Waals surface area (Å²) in [6.07, 6.45) is 0. The van der Waals surface area contributed by atoms with Gasteiger partial charge in [-0.2, -0.15) is 0 Å². The van der Waals surface area contributed by atoms with Crippen LogP contribution in [0.4, 0.5) is 11.4 Å². The van der Waals surface area contributed by atoms with Gasteiger partial charge in [-0.3, -0.25) is 4.79 Å². The third-order valence-electron chi connectivity index (χ3n) is 3.30. The summed E-state index contributed by atoms with van der Waals surface area (Å²) in [6, 6.07) is 15.1. The first kappa shape index (κ1) is 15.1. The fourth-order valence-corrected chi connectivity index (χ4v) is 2.03. The van der Waals surface area contributed by atoms with E-state index in [2.05, 4.69) is 5.32 Å². The van der Waals surface area contributed by atoms with E-state index in [9.17, 15) is 4.79 Å². The number of nitrogens with one attached hydrogen (secondary N) is 1. The standard InChI is InChI=1S/C17H21N3O/c1-12(18)13-6-4-8-15(10-13)19-17(21)14-7-5-9-16(11-14)20(2)3/h4-12H,18H2,1-3H3,(H,19,21). The molecule has 1 amide bonds. The minimum absolute atomic E-state index is 0.0566. The number of rotatable bonds is 4. The Hall–Kier alpha value is -2.33. The van der Waals surface area contributed by atoms with Crippen LogP contribution in [0.2, 0.25) is 0 Å². The average Bonchev–Trinajstić information content (AvgIpc) is 2.47. The highest BCUT2D eigenvalue weighted by Gasteiger charge is 2.08. The van der Waals surface area contributed by atoms with Crippen molar-refractivity contribution in [3.63, 3.8) is 0 Å². The molecule has 2 aromatic carbocycles. The molecule has 4 heteroatoms. The molecule has 110 valence electrons. The topological polar surface area (TPSA) is 58.4 Å². The Morgan fingerprint density at radius 1 is 1.14 bits per heavy atom. The fourth-order valence-electron chi connectivity index (χ4n) is 2.03. The largest absolute Gasteiger partial charge is 0.378 e. The first-order valence-electron chi connectivity index (χ1n) is 6.91. The Kier molecular flexibility index (Phi) is 4.60. The maximum Gasteiger partial charge on any atom is 0.255 e. The lowest BCUT2D eigenvalue weighted by Gasteiger charge is -2.14. The van der Waals surface area contributed by atoms with Gasteiger partial charge in [0.15, 0.2) is 0 Å². The zero-order valence-corrected chi connectivity index (χ0v) is 12.6. The highest BCUT2D eigenvalue weighted by molar-refractivity contribution is 6.04. The molecule has 0 aliphatic heterocycles. The molecule has 1 atom stereocenters. The van der Waals surface area contributed by atoms with Gasteiger partial charge in [-0.15, -0.1) is 0 Å². The molecule has 4 nitrogen and oxygen atoms in total. The second kappa shape index (κ2) is 6.41. The van der Waals surface area contributed by atoms with Gasteiger partial charge in [0, 0.05) is 37.1 Å². The number of carbonyl (C=O) groups excluding carboxylic acids is 1. The van der Waals surface area contributed by atoms with Gasteiger partial charge in [0.05, 0.1) is 0 Å². The van der Waals surface area contributed by atoms with E-state index in [1.807, 2.05) is 68.4 Å². The Morgan fingerprint density at radius 2 is 1.86 bits per heavy atom. The molecule has 0 aromatic heterocycles. The molecule has 1 unspecified atom stereocenters. The number of benzene rings is 2. The van der Waals surface area contributed by atoms with Crippen molar-refractivity contribution < 1.29 is 4.79 Å². The predicted molar refractivity (Wildman–Crippen MR) is 87.8 cm³/mol. The minimum Gasteiger partial charge on any atom is -0.378 e. The van der Waals surface area contributed by atoms with Crippen molar-refractivity contribution in [1.82, 2.24) is 0 Å². The van der Waals surface area contributed by atoms with Crippen molar-refractivity contribution in [2.45, 2.75) is 13.0 Å². The van der Waals surface area contributed by atoms with E-state index in [1.165, 1.54) is 0 Å². The summed E-state index contributed by atoms with van der Waals surface area (Å²) in [6.45, 7) is 1.92. The molecule has 2 aromatic rings. The van der Waals surface area contributed by atoms with E-state index in [1.54, 1.807) is 6.07 Å². The first-order valence-corrected chi connectivity index (χ1v) is 6.91. The van der Waals surface area contributed by atoms with Gasteiger partial charge in [-0.05, 0) is 42.8 Å². The number of carbonyl (C=O) groups is 1.